The van der Waals surface area contributed by atoms with Gasteiger partial charge in [0.25, 0.3) is 0 Å². The molecule has 3 rings (SSSR count). The molecule has 3 aromatic rings. The molecule has 0 fully saturated rings. The minimum atomic E-state index is 0.370. The number of nitrogen functional groups attached to an aromatic ring is 1. The Morgan fingerprint density at radius 3 is 2.57 bits per heavy atom. The molecular weight excluding hydrogens is 333 g/mol. The zero-order valence-corrected chi connectivity index (χ0v) is 12.7. The molecule has 0 amide bonds. The van der Waals surface area contributed by atoms with E-state index in [4.69, 9.17) is 40.5 Å². The van der Waals surface area contributed by atoms with Gasteiger partial charge in [-0.1, -0.05) is 40.9 Å². The van der Waals surface area contributed by atoms with Crippen LogP contribution >= 0.6 is 34.8 Å². The first-order valence-corrected chi connectivity index (χ1v) is 6.99. The van der Waals surface area contributed by atoms with Gasteiger partial charge in [-0.15, -0.1) is 5.10 Å². The largest absolute Gasteiger partial charge is 0.398 e. The Labute approximate surface area is 135 Å². The molecule has 0 aliphatic carbocycles. The number of anilines is 1. The molecule has 1 aromatic heterocycles. The fraction of sp³-hybridized carbons (Fsp3) is 0. The molecule has 1 heterocycles. The minimum absolute atomic E-state index is 0.370. The van der Waals surface area contributed by atoms with E-state index in [1.54, 1.807) is 36.4 Å². The van der Waals surface area contributed by atoms with Gasteiger partial charge in [0, 0.05) is 5.56 Å². The molecular formula is C13H8Cl3N5. The van der Waals surface area contributed by atoms with E-state index >= 15 is 0 Å². The Hall–Kier alpha value is -1.82. The second-order valence-corrected chi connectivity index (χ2v) is 5.42. The van der Waals surface area contributed by atoms with Gasteiger partial charge in [-0.3, -0.25) is 0 Å². The van der Waals surface area contributed by atoms with Crippen LogP contribution in [0.4, 0.5) is 5.69 Å². The van der Waals surface area contributed by atoms with Crippen LogP contribution < -0.4 is 5.73 Å². The second kappa shape index (κ2) is 5.52. The molecule has 0 aliphatic rings. The Balaban J connectivity index is 2.17. The molecule has 0 bridgehead atoms. The highest BCUT2D eigenvalue weighted by molar-refractivity contribution is 6.43. The van der Waals surface area contributed by atoms with Crippen molar-refractivity contribution in [2.24, 2.45) is 0 Å². The molecule has 0 saturated heterocycles. The standard InChI is InChI=1S/C13H8Cl3N5/c14-8-2-1-3-11(12(8)16)21-13(18-19-20-21)7-4-5-10(17)9(15)6-7/h1-6H,17H2. The Morgan fingerprint density at radius 2 is 1.81 bits per heavy atom. The van der Waals surface area contributed by atoms with Crippen LogP contribution in [0, 0.1) is 0 Å². The van der Waals surface area contributed by atoms with Crippen LogP contribution in [0.1, 0.15) is 0 Å². The summed E-state index contributed by atoms with van der Waals surface area (Å²) in [5.74, 6) is 0.487. The lowest BCUT2D eigenvalue weighted by molar-refractivity contribution is 0.791. The maximum atomic E-state index is 6.21. The lowest BCUT2D eigenvalue weighted by atomic mass is 10.2. The molecule has 0 saturated carbocycles. The average molecular weight is 341 g/mol. The lowest BCUT2D eigenvalue weighted by Gasteiger charge is -2.08. The maximum Gasteiger partial charge on any atom is 0.187 e. The number of aromatic nitrogens is 4. The van der Waals surface area contributed by atoms with Crippen molar-refractivity contribution in [1.29, 1.82) is 0 Å². The van der Waals surface area contributed by atoms with E-state index < -0.39 is 0 Å². The summed E-state index contributed by atoms with van der Waals surface area (Å²) >= 11 is 18.3. The van der Waals surface area contributed by atoms with Gasteiger partial charge in [-0.05, 0) is 40.8 Å². The molecule has 2 N–H and O–H groups in total. The fourth-order valence-electron chi connectivity index (χ4n) is 1.85. The summed E-state index contributed by atoms with van der Waals surface area (Å²) in [6.07, 6.45) is 0. The molecule has 21 heavy (non-hydrogen) atoms. The molecule has 0 spiro atoms. The van der Waals surface area contributed by atoms with Crippen molar-refractivity contribution < 1.29 is 0 Å². The van der Waals surface area contributed by atoms with Gasteiger partial charge in [0.1, 0.15) is 0 Å². The summed E-state index contributed by atoms with van der Waals surface area (Å²) in [7, 11) is 0. The quantitative estimate of drug-likeness (QED) is 0.719. The van der Waals surface area contributed by atoms with Gasteiger partial charge in [0.2, 0.25) is 0 Å². The number of hydrogen-bond donors (Lipinski definition) is 1. The van der Waals surface area contributed by atoms with E-state index in [-0.39, 0.29) is 0 Å². The van der Waals surface area contributed by atoms with E-state index in [9.17, 15) is 0 Å². The van der Waals surface area contributed by atoms with Crippen LogP contribution in [-0.4, -0.2) is 20.2 Å². The van der Waals surface area contributed by atoms with E-state index in [0.717, 1.165) is 5.56 Å². The first kappa shape index (κ1) is 14.1. The van der Waals surface area contributed by atoms with Gasteiger partial charge in [0.05, 0.1) is 26.4 Å². The van der Waals surface area contributed by atoms with Crippen LogP contribution in [0.2, 0.25) is 15.1 Å². The third kappa shape index (κ3) is 2.55. The van der Waals surface area contributed by atoms with Gasteiger partial charge >= 0.3 is 0 Å². The van der Waals surface area contributed by atoms with E-state index in [0.29, 0.717) is 32.3 Å². The third-order valence-corrected chi connectivity index (χ3v) is 4.02. The monoisotopic (exact) mass is 339 g/mol. The highest BCUT2D eigenvalue weighted by Gasteiger charge is 2.15. The zero-order valence-electron chi connectivity index (χ0n) is 10.5. The lowest BCUT2D eigenvalue weighted by Crippen LogP contribution is -2.01. The van der Waals surface area contributed by atoms with Gasteiger partial charge in [-0.25, -0.2) is 0 Å². The molecule has 2 aromatic carbocycles. The second-order valence-electron chi connectivity index (χ2n) is 4.22. The summed E-state index contributed by atoms with van der Waals surface area (Å²) < 4.78 is 1.50. The summed E-state index contributed by atoms with van der Waals surface area (Å²) in [6.45, 7) is 0. The number of halogens is 3. The Morgan fingerprint density at radius 1 is 1.00 bits per heavy atom. The number of hydrogen-bond acceptors (Lipinski definition) is 4. The molecule has 0 radical (unpaired) electrons. The average Bonchev–Trinajstić information content (AvgIpc) is 2.94. The summed E-state index contributed by atoms with van der Waals surface area (Å²) in [5, 5.41) is 12.9. The minimum Gasteiger partial charge on any atom is -0.398 e. The summed E-state index contributed by atoms with van der Waals surface area (Å²) in [6, 6.07) is 10.4. The number of nitrogens with two attached hydrogens (primary N) is 1. The van der Waals surface area contributed by atoms with Crippen molar-refractivity contribution in [3.8, 4) is 17.1 Å². The van der Waals surface area contributed by atoms with Crippen LogP contribution in [0.15, 0.2) is 36.4 Å². The SMILES string of the molecule is Nc1ccc(-c2nnnn2-c2cccc(Cl)c2Cl)cc1Cl. The molecule has 0 unspecified atom stereocenters. The topological polar surface area (TPSA) is 69.6 Å². The molecule has 5 nitrogen and oxygen atoms in total. The van der Waals surface area contributed by atoms with Crippen molar-refractivity contribution in [2.75, 3.05) is 5.73 Å². The van der Waals surface area contributed by atoms with Crippen LogP contribution in [0.5, 0.6) is 0 Å². The molecule has 0 aliphatic heterocycles. The highest BCUT2D eigenvalue weighted by Crippen LogP contribution is 2.31. The number of nitrogens with zero attached hydrogens (tertiary/aromatic N) is 4. The van der Waals surface area contributed by atoms with E-state index in [2.05, 4.69) is 15.5 Å². The number of rotatable bonds is 2. The van der Waals surface area contributed by atoms with Gasteiger partial charge in [0.15, 0.2) is 5.82 Å². The van der Waals surface area contributed by atoms with Crippen molar-refractivity contribution in [2.45, 2.75) is 0 Å². The molecule has 106 valence electrons. The third-order valence-electron chi connectivity index (χ3n) is 2.89. The van der Waals surface area contributed by atoms with Crippen LogP contribution in [0.25, 0.3) is 17.1 Å². The van der Waals surface area contributed by atoms with Gasteiger partial charge in [-0.2, -0.15) is 4.68 Å². The van der Waals surface area contributed by atoms with E-state index in [1.165, 1.54) is 4.68 Å². The van der Waals surface area contributed by atoms with Crippen molar-refractivity contribution in [3.63, 3.8) is 0 Å². The van der Waals surface area contributed by atoms with Crippen molar-refractivity contribution in [1.82, 2.24) is 20.2 Å². The van der Waals surface area contributed by atoms with Crippen LogP contribution in [0.3, 0.4) is 0 Å². The smallest absolute Gasteiger partial charge is 0.187 e. The highest BCUT2D eigenvalue weighted by atomic mass is 35.5. The first-order chi connectivity index (χ1) is 10.1. The maximum absolute atomic E-state index is 6.21. The predicted molar refractivity (Wildman–Crippen MR) is 84.0 cm³/mol. The fourth-order valence-corrected chi connectivity index (χ4v) is 2.41. The number of tetrazole rings is 1. The van der Waals surface area contributed by atoms with Crippen LogP contribution in [-0.2, 0) is 0 Å². The van der Waals surface area contributed by atoms with Crippen molar-refractivity contribution in [3.05, 3.63) is 51.5 Å². The molecule has 0 atom stereocenters. The van der Waals surface area contributed by atoms with Gasteiger partial charge < -0.3 is 5.73 Å². The first-order valence-electron chi connectivity index (χ1n) is 5.86. The molecule has 8 heteroatoms. The number of benzene rings is 2. The Bertz CT molecular complexity index is 815. The van der Waals surface area contributed by atoms with E-state index in [1.807, 2.05) is 0 Å². The summed E-state index contributed by atoms with van der Waals surface area (Å²) in [5.41, 5.74) is 7.49. The normalized spacial score (nSPS) is 10.8. The predicted octanol–water partition coefficient (Wildman–Crippen LogP) is 3.87. The Kier molecular flexibility index (Phi) is 3.71. The van der Waals surface area contributed by atoms with Crippen molar-refractivity contribution >= 4 is 40.5 Å². The zero-order chi connectivity index (χ0) is 15.0. The summed E-state index contributed by atoms with van der Waals surface area (Å²) in [4.78, 5) is 0.